The topological polar surface area (TPSA) is 38.0 Å². The monoisotopic (exact) mass is 230 g/mol. The molecular formula is C11H16ClFN2. The fraction of sp³-hybridized carbons (Fsp3) is 0.455. The first kappa shape index (κ1) is 12.4. The maximum Gasteiger partial charge on any atom is 0.124 e. The van der Waals surface area contributed by atoms with Crippen LogP contribution in [0.1, 0.15) is 18.9 Å². The Morgan fingerprint density at radius 1 is 1.53 bits per heavy atom. The van der Waals surface area contributed by atoms with E-state index in [1.165, 1.54) is 12.1 Å². The third kappa shape index (κ3) is 4.16. The predicted octanol–water partition coefficient (Wildman–Crippen LogP) is 2.31. The van der Waals surface area contributed by atoms with E-state index >= 15 is 0 Å². The van der Waals surface area contributed by atoms with Crippen LogP contribution in [0.2, 0.25) is 5.02 Å². The third-order valence-electron chi connectivity index (χ3n) is 2.26. The predicted molar refractivity (Wildman–Crippen MR) is 61.4 cm³/mol. The van der Waals surface area contributed by atoms with Crippen LogP contribution < -0.4 is 11.1 Å². The van der Waals surface area contributed by atoms with Gasteiger partial charge in [0.05, 0.1) is 0 Å². The molecule has 0 aliphatic heterocycles. The van der Waals surface area contributed by atoms with E-state index in [9.17, 15) is 4.39 Å². The second-order valence-corrected chi connectivity index (χ2v) is 4.00. The van der Waals surface area contributed by atoms with E-state index in [4.69, 9.17) is 17.3 Å². The van der Waals surface area contributed by atoms with Crippen LogP contribution in [0.5, 0.6) is 0 Å². The Labute approximate surface area is 94.6 Å². The summed E-state index contributed by atoms with van der Waals surface area (Å²) in [7, 11) is 0. The van der Waals surface area contributed by atoms with E-state index in [1.54, 1.807) is 6.07 Å². The molecule has 0 amide bonds. The molecule has 0 saturated carbocycles. The molecular weight excluding hydrogens is 215 g/mol. The molecule has 3 N–H and O–H groups in total. The van der Waals surface area contributed by atoms with Gasteiger partial charge in [-0.3, -0.25) is 0 Å². The summed E-state index contributed by atoms with van der Waals surface area (Å²) in [6.07, 6.45) is 0.915. The highest BCUT2D eigenvalue weighted by Crippen LogP contribution is 2.17. The zero-order valence-electron chi connectivity index (χ0n) is 8.76. The molecule has 15 heavy (non-hydrogen) atoms. The quantitative estimate of drug-likeness (QED) is 0.815. The molecule has 1 atom stereocenters. The van der Waals surface area contributed by atoms with Crippen LogP contribution in [0, 0.1) is 5.82 Å². The van der Waals surface area contributed by atoms with Crippen molar-refractivity contribution in [3.05, 3.63) is 34.6 Å². The van der Waals surface area contributed by atoms with Crippen molar-refractivity contribution < 1.29 is 4.39 Å². The number of hydrogen-bond donors (Lipinski definition) is 2. The largest absolute Gasteiger partial charge is 0.330 e. The lowest BCUT2D eigenvalue weighted by Crippen LogP contribution is -2.27. The number of benzene rings is 1. The molecule has 0 radical (unpaired) electrons. The summed E-state index contributed by atoms with van der Waals surface area (Å²) in [6.45, 7) is 3.36. The van der Waals surface area contributed by atoms with E-state index in [2.05, 4.69) is 12.2 Å². The van der Waals surface area contributed by atoms with Crippen molar-refractivity contribution in [2.75, 3.05) is 6.54 Å². The molecule has 0 heterocycles. The van der Waals surface area contributed by atoms with Crippen LogP contribution in [0.4, 0.5) is 4.39 Å². The van der Waals surface area contributed by atoms with Crippen molar-refractivity contribution >= 4 is 11.6 Å². The average molecular weight is 231 g/mol. The summed E-state index contributed by atoms with van der Waals surface area (Å²) in [6, 6.07) is 4.78. The Morgan fingerprint density at radius 3 is 2.87 bits per heavy atom. The first-order valence-electron chi connectivity index (χ1n) is 5.01. The molecule has 1 rings (SSSR count). The van der Waals surface area contributed by atoms with Gasteiger partial charge in [0.2, 0.25) is 0 Å². The summed E-state index contributed by atoms with van der Waals surface area (Å²) >= 11 is 5.89. The van der Waals surface area contributed by atoms with Gasteiger partial charge >= 0.3 is 0 Å². The molecule has 2 nitrogen and oxygen atoms in total. The molecule has 0 aliphatic carbocycles. The lowest BCUT2D eigenvalue weighted by Gasteiger charge is -2.13. The third-order valence-corrected chi connectivity index (χ3v) is 2.61. The maximum atomic E-state index is 12.7. The van der Waals surface area contributed by atoms with E-state index in [-0.39, 0.29) is 5.82 Å². The van der Waals surface area contributed by atoms with Gasteiger partial charge in [-0.2, -0.15) is 0 Å². The van der Waals surface area contributed by atoms with Gasteiger partial charge in [-0.05, 0) is 37.6 Å². The fourth-order valence-electron chi connectivity index (χ4n) is 1.30. The molecule has 1 aromatic rings. The molecule has 1 aromatic carbocycles. The highest BCUT2D eigenvalue weighted by atomic mass is 35.5. The van der Waals surface area contributed by atoms with Crippen molar-refractivity contribution in [3.8, 4) is 0 Å². The Balaban J connectivity index is 2.50. The summed E-state index contributed by atoms with van der Waals surface area (Å²) in [5, 5.41) is 3.73. The Hall–Kier alpha value is -0.640. The molecule has 4 heteroatoms. The van der Waals surface area contributed by atoms with Crippen molar-refractivity contribution in [2.24, 2.45) is 5.73 Å². The number of halogens is 2. The van der Waals surface area contributed by atoms with E-state index in [0.717, 1.165) is 12.0 Å². The lowest BCUT2D eigenvalue weighted by molar-refractivity contribution is 0.519. The van der Waals surface area contributed by atoms with Gasteiger partial charge in [0.1, 0.15) is 5.82 Å². The second kappa shape index (κ2) is 6.05. The van der Waals surface area contributed by atoms with E-state index in [0.29, 0.717) is 24.2 Å². The highest BCUT2D eigenvalue weighted by molar-refractivity contribution is 6.31. The van der Waals surface area contributed by atoms with Gasteiger partial charge in [-0.25, -0.2) is 4.39 Å². The molecule has 0 bridgehead atoms. The van der Waals surface area contributed by atoms with Crippen LogP contribution in [0.3, 0.4) is 0 Å². The maximum absolute atomic E-state index is 12.7. The number of rotatable bonds is 5. The van der Waals surface area contributed by atoms with Crippen LogP contribution in [0.25, 0.3) is 0 Å². The lowest BCUT2D eigenvalue weighted by atomic mass is 10.2. The molecule has 84 valence electrons. The highest BCUT2D eigenvalue weighted by Gasteiger charge is 2.04. The SMILES string of the molecule is CC(CCN)NCc1ccc(F)cc1Cl. The molecule has 0 fully saturated rings. The fourth-order valence-corrected chi connectivity index (χ4v) is 1.54. The van der Waals surface area contributed by atoms with Gasteiger partial charge in [0.15, 0.2) is 0 Å². The zero-order chi connectivity index (χ0) is 11.3. The Bertz CT molecular complexity index is 317. The van der Waals surface area contributed by atoms with Crippen LogP contribution in [0.15, 0.2) is 18.2 Å². The Kier molecular flexibility index (Phi) is 5.02. The first-order chi connectivity index (χ1) is 7.13. The normalized spacial score (nSPS) is 12.8. The van der Waals surface area contributed by atoms with Crippen LogP contribution in [-0.2, 0) is 6.54 Å². The van der Waals surface area contributed by atoms with E-state index in [1.807, 2.05) is 0 Å². The molecule has 0 aliphatic rings. The first-order valence-corrected chi connectivity index (χ1v) is 5.38. The molecule has 0 saturated heterocycles. The van der Waals surface area contributed by atoms with Crippen molar-refractivity contribution in [3.63, 3.8) is 0 Å². The number of hydrogen-bond acceptors (Lipinski definition) is 2. The van der Waals surface area contributed by atoms with Crippen molar-refractivity contribution in [1.82, 2.24) is 5.32 Å². The average Bonchev–Trinajstić information content (AvgIpc) is 2.17. The minimum Gasteiger partial charge on any atom is -0.330 e. The summed E-state index contributed by atoms with van der Waals surface area (Å²) < 4.78 is 12.7. The van der Waals surface area contributed by atoms with Crippen molar-refractivity contribution in [2.45, 2.75) is 25.9 Å². The van der Waals surface area contributed by atoms with Gasteiger partial charge in [0.25, 0.3) is 0 Å². The van der Waals surface area contributed by atoms with Crippen molar-refractivity contribution in [1.29, 1.82) is 0 Å². The Morgan fingerprint density at radius 2 is 2.27 bits per heavy atom. The minimum absolute atomic E-state index is 0.307. The van der Waals surface area contributed by atoms with Gasteiger partial charge in [-0.1, -0.05) is 17.7 Å². The van der Waals surface area contributed by atoms with E-state index < -0.39 is 0 Å². The summed E-state index contributed by atoms with van der Waals surface area (Å²) in [5.41, 5.74) is 6.34. The smallest absolute Gasteiger partial charge is 0.124 e. The molecule has 0 aromatic heterocycles. The van der Waals surface area contributed by atoms with Gasteiger partial charge < -0.3 is 11.1 Å². The molecule has 0 spiro atoms. The van der Waals surface area contributed by atoms with Crippen LogP contribution in [-0.4, -0.2) is 12.6 Å². The van der Waals surface area contributed by atoms with Gasteiger partial charge in [-0.15, -0.1) is 0 Å². The number of nitrogens with two attached hydrogens (primary N) is 1. The standard InChI is InChI=1S/C11H16ClFN2/c1-8(4-5-14)15-7-9-2-3-10(13)6-11(9)12/h2-3,6,8,15H,4-5,7,14H2,1H3. The zero-order valence-corrected chi connectivity index (χ0v) is 9.52. The minimum atomic E-state index is -0.307. The number of nitrogens with one attached hydrogen (secondary N) is 1. The summed E-state index contributed by atoms with van der Waals surface area (Å²) in [5.74, 6) is -0.307. The second-order valence-electron chi connectivity index (χ2n) is 3.60. The van der Waals surface area contributed by atoms with Crippen LogP contribution >= 0.6 is 11.6 Å². The van der Waals surface area contributed by atoms with Gasteiger partial charge in [0, 0.05) is 17.6 Å². The molecule has 1 unspecified atom stereocenters. The summed E-state index contributed by atoms with van der Waals surface area (Å²) in [4.78, 5) is 0.